The molecule has 2 amide bonds. The number of alkyl halides is 3. The average molecular weight is 366 g/mol. The molecular formula is C15H19ClF3N3O2. The Labute approximate surface area is 143 Å². The number of rotatable bonds is 6. The average Bonchev–Trinajstić information content (AvgIpc) is 3.34. The van der Waals surface area contributed by atoms with E-state index in [2.05, 4.69) is 10.6 Å². The molecule has 4 N–H and O–H groups in total. The number of carbonyl (C=O) groups excluding carboxylic acids is 2. The van der Waals surface area contributed by atoms with Crippen LogP contribution in [0.3, 0.4) is 0 Å². The number of hydrogen-bond donors (Lipinski definition) is 3. The van der Waals surface area contributed by atoms with Crippen LogP contribution in [0.5, 0.6) is 0 Å². The number of nitrogens with two attached hydrogens (primary N) is 1. The Kier molecular flexibility index (Phi) is 7.04. The van der Waals surface area contributed by atoms with E-state index in [9.17, 15) is 22.8 Å². The van der Waals surface area contributed by atoms with Gasteiger partial charge in [-0.3, -0.25) is 9.59 Å². The third-order valence-corrected chi connectivity index (χ3v) is 3.68. The maximum atomic E-state index is 12.8. The van der Waals surface area contributed by atoms with Gasteiger partial charge in [0, 0.05) is 12.6 Å². The van der Waals surface area contributed by atoms with E-state index in [0.717, 1.165) is 25.0 Å². The number of amides is 2. The van der Waals surface area contributed by atoms with E-state index in [4.69, 9.17) is 5.73 Å². The highest BCUT2D eigenvalue weighted by Gasteiger charge is 2.35. The fourth-order valence-electron chi connectivity index (χ4n) is 2.31. The van der Waals surface area contributed by atoms with Crippen LogP contribution in [0.2, 0.25) is 0 Å². The first kappa shape index (κ1) is 20.2. The summed E-state index contributed by atoms with van der Waals surface area (Å²) >= 11 is 0. The summed E-state index contributed by atoms with van der Waals surface area (Å²) in [6.07, 6.45) is -2.65. The fraction of sp³-hybridized carbons (Fsp3) is 0.467. The van der Waals surface area contributed by atoms with E-state index >= 15 is 0 Å². The zero-order valence-corrected chi connectivity index (χ0v) is 13.5. The molecule has 1 saturated carbocycles. The van der Waals surface area contributed by atoms with Crippen molar-refractivity contribution < 1.29 is 22.8 Å². The minimum atomic E-state index is -4.63. The van der Waals surface area contributed by atoms with Crippen LogP contribution < -0.4 is 16.4 Å². The Morgan fingerprint density at radius 3 is 2.42 bits per heavy atom. The molecule has 1 atom stereocenters. The van der Waals surface area contributed by atoms with Gasteiger partial charge >= 0.3 is 6.18 Å². The lowest BCUT2D eigenvalue weighted by atomic mass is 10.1. The highest BCUT2D eigenvalue weighted by Crippen LogP contribution is 2.32. The number of carbonyl (C=O) groups is 2. The second kappa shape index (κ2) is 8.34. The molecule has 0 heterocycles. The summed E-state index contributed by atoms with van der Waals surface area (Å²) in [6.45, 7) is -0.102. The van der Waals surface area contributed by atoms with Crippen LogP contribution in [-0.4, -0.2) is 30.9 Å². The Bertz CT molecular complexity index is 592. The molecule has 1 aromatic carbocycles. The highest BCUT2D eigenvalue weighted by molar-refractivity contribution is 5.97. The van der Waals surface area contributed by atoms with Crippen molar-refractivity contribution in [3.8, 4) is 0 Å². The highest BCUT2D eigenvalue weighted by atomic mass is 35.5. The lowest BCUT2D eigenvalue weighted by Gasteiger charge is -2.16. The van der Waals surface area contributed by atoms with Crippen LogP contribution in [-0.2, 0) is 11.0 Å². The zero-order valence-electron chi connectivity index (χ0n) is 12.7. The molecule has 5 nitrogen and oxygen atoms in total. The maximum absolute atomic E-state index is 12.8. The van der Waals surface area contributed by atoms with Gasteiger partial charge in [-0.05, 0) is 30.9 Å². The lowest BCUT2D eigenvalue weighted by Crippen LogP contribution is -2.46. The molecule has 0 spiro atoms. The number of hydrogen-bond acceptors (Lipinski definition) is 3. The molecule has 0 aliphatic heterocycles. The lowest BCUT2D eigenvalue weighted by molar-refractivity contribution is -0.137. The molecule has 0 radical (unpaired) electrons. The third-order valence-electron chi connectivity index (χ3n) is 3.68. The van der Waals surface area contributed by atoms with Gasteiger partial charge in [0.25, 0.3) is 5.91 Å². The molecule has 1 aliphatic carbocycles. The molecule has 1 aliphatic rings. The van der Waals surface area contributed by atoms with Crippen LogP contribution in [0.15, 0.2) is 24.3 Å². The largest absolute Gasteiger partial charge is 0.417 e. The fourth-order valence-corrected chi connectivity index (χ4v) is 2.31. The molecule has 9 heteroatoms. The van der Waals surface area contributed by atoms with Crippen molar-refractivity contribution in [1.82, 2.24) is 10.6 Å². The van der Waals surface area contributed by atoms with Gasteiger partial charge in [-0.15, -0.1) is 12.4 Å². The summed E-state index contributed by atoms with van der Waals surface area (Å²) in [5.74, 6) is -1.06. The van der Waals surface area contributed by atoms with Gasteiger partial charge in [0.15, 0.2) is 0 Å². The maximum Gasteiger partial charge on any atom is 0.417 e. The van der Waals surface area contributed by atoms with E-state index < -0.39 is 35.7 Å². The smallest absolute Gasteiger partial charge is 0.350 e. The molecule has 134 valence electrons. The van der Waals surface area contributed by atoms with E-state index in [1.807, 2.05) is 0 Å². The van der Waals surface area contributed by atoms with Crippen molar-refractivity contribution in [3.05, 3.63) is 35.4 Å². The minimum absolute atomic E-state index is 0. The Hall–Kier alpha value is -1.80. The molecule has 0 aromatic heterocycles. The van der Waals surface area contributed by atoms with Crippen molar-refractivity contribution in [3.63, 3.8) is 0 Å². The second-order valence-electron chi connectivity index (χ2n) is 5.47. The first-order valence-electron chi connectivity index (χ1n) is 7.26. The summed E-state index contributed by atoms with van der Waals surface area (Å²) in [5.41, 5.74) is 4.01. The first-order chi connectivity index (χ1) is 10.8. The summed E-state index contributed by atoms with van der Waals surface area (Å²) < 4.78 is 38.5. The van der Waals surface area contributed by atoms with Crippen molar-refractivity contribution in [2.24, 2.45) is 11.7 Å². The van der Waals surface area contributed by atoms with Crippen LogP contribution in [0.25, 0.3) is 0 Å². The second-order valence-corrected chi connectivity index (χ2v) is 5.47. The SMILES string of the molecule is Cl.NCC(NC(=O)CNC(=O)c1ccccc1C(F)(F)F)C1CC1. The molecule has 0 bridgehead atoms. The van der Waals surface area contributed by atoms with Crippen molar-refractivity contribution >= 4 is 24.2 Å². The monoisotopic (exact) mass is 365 g/mol. The van der Waals surface area contributed by atoms with Gasteiger partial charge in [-0.25, -0.2) is 0 Å². The molecular weight excluding hydrogens is 347 g/mol. The molecule has 24 heavy (non-hydrogen) atoms. The Morgan fingerprint density at radius 2 is 1.88 bits per heavy atom. The Balaban J connectivity index is 0.00000288. The summed E-state index contributed by atoms with van der Waals surface area (Å²) in [5, 5.41) is 4.89. The van der Waals surface area contributed by atoms with Crippen molar-refractivity contribution in [2.45, 2.75) is 25.1 Å². The number of halogens is 4. The number of benzene rings is 1. The van der Waals surface area contributed by atoms with Crippen LogP contribution in [0.1, 0.15) is 28.8 Å². The van der Waals surface area contributed by atoms with E-state index in [1.165, 1.54) is 12.1 Å². The van der Waals surface area contributed by atoms with Gasteiger partial charge in [0.2, 0.25) is 5.91 Å². The predicted molar refractivity (Wildman–Crippen MR) is 84.7 cm³/mol. The quantitative estimate of drug-likeness (QED) is 0.717. The standard InChI is InChI=1S/C15H18F3N3O2.ClH/c16-15(17,18)11-4-2-1-3-10(11)14(23)20-8-13(22)21-12(7-19)9-5-6-9;/h1-4,9,12H,5-8,19H2,(H,20,23)(H,21,22);1H. The third kappa shape index (κ3) is 5.38. The van der Waals surface area contributed by atoms with Crippen LogP contribution in [0, 0.1) is 5.92 Å². The normalized spacial score (nSPS) is 15.2. The molecule has 1 fully saturated rings. The van der Waals surface area contributed by atoms with Gasteiger partial charge < -0.3 is 16.4 Å². The van der Waals surface area contributed by atoms with E-state index in [-0.39, 0.29) is 18.4 Å². The van der Waals surface area contributed by atoms with Crippen molar-refractivity contribution in [1.29, 1.82) is 0 Å². The van der Waals surface area contributed by atoms with Gasteiger partial charge in [0.05, 0.1) is 17.7 Å². The summed E-state index contributed by atoms with van der Waals surface area (Å²) in [7, 11) is 0. The van der Waals surface area contributed by atoms with Crippen LogP contribution in [0.4, 0.5) is 13.2 Å². The summed E-state index contributed by atoms with van der Waals surface area (Å²) in [4.78, 5) is 23.7. The number of nitrogens with one attached hydrogen (secondary N) is 2. The van der Waals surface area contributed by atoms with Gasteiger partial charge in [-0.2, -0.15) is 13.2 Å². The molecule has 2 rings (SSSR count). The zero-order chi connectivity index (χ0) is 17.0. The minimum Gasteiger partial charge on any atom is -0.350 e. The first-order valence-corrected chi connectivity index (χ1v) is 7.26. The molecule has 0 saturated heterocycles. The molecule has 1 unspecified atom stereocenters. The topological polar surface area (TPSA) is 84.2 Å². The molecule has 1 aromatic rings. The van der Waals surface area contributed by atoms with Crippen LogP contribution >= 0.6 is 12.4 Å². The van der Waals surface area contributed by atoms with E-state index in [1.54, 1.807) is 0 Å². The van der Waals surface area contributed by atoms with E-state index in [0.29, 0.717) is 12.5 Å². The van der Waals surface area contributed by atoms with Crippen molar-refractivity contribution in [2.75, 3.05) is 13.1 Å². The predicted octanol–water partition coefficient (Wildman–Crippen LogP) is 1.71. The Morgan fingerprint density at radius 1 is 1.25 bits per heavy atom. The van der Waals surface area contributed by atoms with Gasteiger partial charge in [0.1, 0.15) is 0 Å². The summed E-state index contributed by atoms with van der Waals surface area (Å²) in [6, 6.07) is 4.28. The van der Waals surface area contributed by atoms with Gasteiger partial charge in [-0.1, -0.05) is 12.1 Å².